The van der Waals surface area contributed by atoms with Crippen molar-refractivity contribution in [1.29, 1.82) is 0 Å². The standard InChI is InChI=1S/C7H9N5S2/c8-6-10-11-7(13)12(6)3-1-5-9-2-4-14-5/h2,4H,1,3H2,(H2,8,10)(H,11,13). The van der Waals surface area contributed by atoms with Crippen molar-refractivity contribution in [3.63, 3.8) is 0 Å². The molecular weight excluding hydrogens is 218 g/mol. The Bertz CT molecular complexity index is 455. The fourth-order valence-corrected chi connectivity index (χ4v) is 1.97. The highest BCUT2D eigenvalue weighted by atomic mass is 32.1. The van der Waals surface area contributed by atoms with Gasteiger partial charge in [0.1, 0.15) is 0 Å². The zero-order valence-corrected chi connectivity index (χ0v) is 8.94. The lowest BCUT2D eigenvalue weighted by molar-refractivity contribution is 0.691. The Balaban J connectivity index is 2.09. The van der Waals surface area contributed by atoms with Gasteiger partial charge in [-0.15, -0.1) is 16.4 Å². The third-order valence-electron chi connectivity index (χ3n) is 1.82. The van der Waals surface area contributed by atoms with Crippen molar-refractivity contribution in [3.05, 3.63) is 21.4 Å². The van der Waals surface area contributed by atoms with Crippen molar-refractivity contribution in [2.75, 3.05) is 5.73 Å². The Morgan fingerprint density at radius 3 is 3.07 bits per heavy atom. The number of H-pyrrole nitrogens is 1. The van der Waals surface area contributed by atoms with Crippen molar-refractivity contribution < 1.29 is 0 Å². The van der Waals surface area contributed by atoms with Crippen LogP contribution in [0.5, 0.6) is 0 Å². The lowest BCUT2D eigenvalue weighted by Crippen LogP contribution is -2.05. The van der Waals surface area contributed by atoms with Crippen molar-refractivity contribution in [2.45, 2.75) is 13.0 Å². The number of rotatable bonds is 3. The second-order valence-electron chi connectivity index (χ2n) is 2.71. The molecule has 0 aliphatic carbocycles. The monoisotopic (exact) mass is 227 g/mol. The van der Waals surface area contributed by atoms with E-state index in [1.54, 1.807) is 22.1 Å². The number of aromatic nitrogens is 4. The summed E-state index contributed by atoms with van der Waals surface area (Å²) in [5.41, 5.74) is 5.62. The highest BCUT2D eigenvalue weighted by Crippen LogP contribution is 2.07. The molecule has 0 aliphatic rings. The smallest absolute Gasteiger partial charge is 0.220 e. The molecule has 5 nitrogen and oxygen atoms in total. The summed E-state index contributed by atoms with van der Waals surface area (Å²) in [5, 5.41) is 9.49. The lowest BCUT2D eigenvalue weighted by atomic mass is 10.4. The number of thiazole rings is 1. The minimum atomic E-state index is 0.423. The van der Waals surface area contributed by atoms with Crippen molar-refractivity contribution in [2.24, 2.45) is 0 Å². The number of nitrogens with zero attached hydrogens (tertiary/aromatic N) is 3. The van der Waals surface area contributed by atoms with E-state index in [4.69, 9.17) is 18.0 Å². The van der Waals surface area contributed by atoms with Crippen LogP contribution in [0.4, 0.5) is 5.95 Å². The fraction of sp³-hybridized carbons (Fsp3) is 0.286. The molecule has 0 radical (unpaired) electrons. The van der Waals surface area contributed by atoms with E-state index in [1.807, 2.05) is 5.38 Å². The average molecular weight is 227 g/mol. The summed E-state index contributed by atoms with van der Waals surface area (Å²) in [6.07, 6.45) is 2.62. The molecule has 0 fully saturated rings. The van der Waals surface area contributed by atoms with Gasteiger partial charge in [-0.1, -0.05) is 0 Å². The Hall–Kier alpha value is -1.21. The number of anilines is 1. The summed E-state index contributed by atoms with van der Waals surface area (Å²) in [4.78, 5) is 4.17. The molecule has 0 saturated carbocycles. The van der Waals surface area contributed by atoms with Gasteiger partial charge in [0.2, 0.25) is 5.95 Å². The molecule has 2 aromatic heterocycles. The summed E-state index contributed by atoms with van der Waals surface area (Å²) < 4.78 is 2.32. The largest absolute Gasteiger partial charge is 0.368 e. The minimum absolute atomic E-state index is 0.423. The highest BCUT2D eigenvalue weighted by molar-refractivity contribution is 7.71. The molecule has 0 aromatic carbocycles. The average Bonchev–Trinajstić information content (AvgIpc) is 2.76. The first-order chi connectivity index (χ1) is 6.77. The second kappa shape index (κ2) is 3.89. The Morgan fingerprint density at radius 2 is 2.50 bits per heavy atom. The molecule has 3 N–H and O–H groups in total. The van der Waals surface area contributed by atoms with Crippen LogP contribution in [0.15, 0.2) is 11.6 Å². The first-order valence-electron chi connectivity index (χ1n) is 4.06. The van der Waals surface area contributed by atoms with Gasteiger partial charge in [-0.05, 0) is 12.2 Å². The van der Waals surface area contributed by atoms with Gasteiger partial charge in [0.05, 0.1) is 5.01 Å². The van der Waals surface area contributed by atoms with Crippen LogP contribution in [0.2, 0.25) is 0 Å². The third kappa shape index (κ3) is 1.83. The normalized spacial score (nSPS) is 10.6. The van der Waals surface area contributed by atoms with Crippen molar-refractivity contribution in [1.82, 2.24) is 19.7 Å². The van der Waals surface area contributed by atoms with Gasteiger partial charge in [0, 0.05) is 24.5 Å². The van der Waals surface area contributed by atoms with E-state index >= 15 is 0 Å². The van der Waals surface area contributed by atoms with E-state index in [1.165, 1.54) is 0 Å². The molecule has 7 heteroatoms. The third-order valence-corrected chi connectivity index (χ3v) is 2.97. The fourth-order valence-electron chi connectivity index (χ4n) is 1.13. The second-order valence-corrected chi connectivity index (χ2v) is 4.08. The van der Waals surface area contributed by atoms with E-state index in [0.717, 1.165) is 11.4 Å². The van der Waals surface area contributed by atoms with Crippen LogP contribution in [0, 0.1) is 4.77 Å². The van der Waals surface area contributed by atoms with Gasteiger partial charge in [0.15, 0.2) is 4.77 Å². The van der Waals surface area contributed by atoms with Crippen LogP contribution in [0.25, 0.3) is 0 Å². The molecule has 0 saturated heterocycles. The van der Waals surface area contributed by atoms with Crippen molar-refractivity contribution >= 4 is 29.5 Å². The SMILES string of the molecule is Nc1n[nH]c(=S)n1CCc1nccs1. The number of aromatic amines is 1. The van der Waals surface area contributed by atoms with Gasteiger partial charge < -0.3 is 5.73 Å². The molecule has 0 unspecified atom stereocenters. The van der Waals surface area contributed by atoms with Gasteiger partial charge in [0.25, 0.3) is 0 Å². The predicted molar refractivity (Wildman–Crippen MR) is 57.6 cm³/mol. The van der Waals surface area contributed by atoms with E-state index < -0.39 is 0 Å². The molecule has 74 valence electrons. The lowest BCUT2D eigenvalue weighted by Gasteiger charge is -2.00. The number of nitrogens with one attached hydrogen (secondary N) is 1. The van der Waals surface area contributed by atoms with Gasteiger partial charge >= 0.3 is 0 Å². The molecule has 0 amide bonds. The molecule has 14 heavy (non-hydrogen) atoms. The van der Waals surface area contributed by atoms with E-state index in [2.05, 4.69) is 15.2 Å². The molecule has 0 bridgehead atoms. The first kappa shape index (κ1) is 9.35. The summed E-state index contributed by atoms with van der Waals surface area (Å²) in [6, 6.07) is 0. The molecular formula is C7H9N5S2. The number of aryl methyl sites for hydroxylation is 1. The van der Waals surface area contributed by atoms with Crippen LogP contribution in [0.1, 0.15) is 5.01 Å². The zero-order valence-electron chi connectivity index (χ0n) is 7.30. The highest BCUT2D eigenvalue weighted by Gasteiger charge is 2.02. The zero-order chi connectivity index (χ0) is 9.97. The summed E-state index contributed by atoms with van der Waals surface area (Å²) in [6.45, 7) is 0.717. The maximum absolute atomic E-state index is 5.62. The number of nitrogens with two attached hydrogens (primary N) is 1. The van der Waals surface area contributed by atoms with Crippen LogP contribution in [0.3, 0.4) is 0 Å². The molecule has 2 rings (SSSR count). The maximum Gasteiger partial charge on any atom is 0.220 e. The topological polar surface area (TPSA) is 72.5 Å². The molecule has 0 spiro atoms. The summed E-state index contributed by atoms with van der Waals surface area (Å²) in [5.74, 6) is 0.423. The van der Waals surface area contributed by atoms with Gasteiger partial charge in [-0.3, -0.25) is 4.57 Å². The summed E-state index contributed by atoms with van der Waals surface area (Å²) >= 11 is 6.64. The minimum Gasteiger partial charge on any atom is -0.368 e. The van der Waals surface area contributed by atoms with Gasteiger partial charge in [-0.25, -0.2) is 10.1 Å². The van der Waals surface area contributed by atoms with Crippen LogP contribution < -0.4 is 5.73 Å². The van der Waals surface area contributed by atoms with Crippen molar-refractivity contribution in [3.8, 4) is 0 Å². The van der Waals surface area contributed by atoms with Gasteiger partial charge in [-0.2, -0.15) is 0 Å². The number of nitrogen functional groups attached to an aromatic ring is 1. The predicted octanol–water partition coefficient (Wildman–Crippen LogP) is 1.22. The maximum atomic E-state index is 5.62. The molecule has 0 aliphatic heterocycles. The Kier molecular flexibility index (Phi) is 2.60. The quantitative estimate of drug-likeness (QED) is 0.773. The Labute approximate surface area is 89.6 Å². The van der Waals surface area contributed by atoms with E-state index in [9.17, 15) is 0 Å². The number of hydrogen-bond acceptors (Lipinski definition) is 5. The van der Waals surface area contributed by atoms with E-state index in [-0.39, 0.29) is 0 Å². The Morgan fingerprint density at radius 1 is 1.64 bits per heavy atom. The van der Waals surface area contributed by atoms with Crippen LogP contribution in [-0.2, 0) is 13.0 Å². The molecule has 2 heterocycles. The number of hydrogen-bond donors (Lipinski definition) is 2. The first-order valence-corrected chi connectivity index (χ1v) is 5.35. The molecule has 2 aromatic rings. The van der Waals surface area contributed by atoms with Crippen LogP contribution in [-0.4, -0.2) is 19.7 Å². The summed E-state index contributed by atoms with van der Waals surface area (Å²) in [7, 11) is 0. The van der Waals surface area contributed by atoms with Crippen LogP contribution >= 0.6 is 23.6 Å². The van der Waals surface area contributed by atoms with E-state index in [0.29, 0.717) is 17.3 Å². The molecule has 0 atom stereocenters.